The van der Waals surface area contributed by atoms with E-state index in [0.717, 1.165) is 11.3 Å². The Kier molecular flexibility index (Phi) is 6.52. The highest BCUT2D eigenvalue weighted by molar-refractivity contribution is 8.01. The van der Waals surface area contributed by atoms with Gasteiger partial charge in [0.1, 0.15) is 24.2 Å². The summed E-state index contributed by atoms with van der Waals surface area (Å²) in [5, 5.41) is 28.4. The molecule has 2 aromatic heterocycles. The molecular formula is C16H16N8O6S3. The predicted molar refractivity (Wildman–Crippen MR) is 118 cm³/mol. The highest BCUT2D eigenvalue weighted by atomic mass is 32.2. The third kappa shape index (κ3) is 4.38. The van der Waals surface area contributed by atoms with Crippen LogP contribution in [-0.2, 0) is 26.3 Å². The lowest BCUT2D eigenvalue weighted by Gasteiger charge is -2.49. The van der Waals surface area contributed by atoms with Crippen molar-refractivity contribution in [1.82, 2.24) is 35.4 Å². The first kappa shape index (κ1) is 23.0. The van der Waals surface area contributed by atoms with Crippen LogP contribution in [-0.4, -0.2) is 88.7 Å². The zero-order valence-corrected chi connectivity index (χ0v) is 19.5. The molecule has 14 nitrogen and oxygen atoms in total. The van der Waals surface area contributed by atoms with Crippen molar-refractivity contribution in [3.8, 4) is 0 Å². The smallest absolute Gasteiger partial charge is 0.352 e. The number of carboxylic acids is 1. The number of thioether (sulfide) groups is 2. The van der Waals surface area contributed by atoms with E-state index in [-0.39, 0.29) is 27.7 Å². The second-order valence-electron chi connectivity index (χ2n) is 6.68. The number of nitrogens with zero attached hydrogens (tertiary/aromatic N) is 6. The summed E-state index contributed by atoms with van der Waals surface area (Å²) in [4.78, 5) is 56.9. The molecule has 1 unspecified atom stereocenters. The molecule has 0 saturated carbocycles. The highest BCUT2D eigenvalue weighted by Gasteiger charge is 2.54. The Bertz CT molecular complexity index is 1230. The monoisotopic (exact) mass is 512 g/mol. The number of carboxylic acid groups (broad SMARTS) is 1. The van der Waals surface area contributed by atoms with Crippen molar-refractivity contribution in [2.45, 2.75) is 16.6 Å². The first-order chi connectivity index (χ1) is 15.8. The van der Waals surface area contributed by atoms with Gasteiger partial charge in [-0.1, -0.05) is 28.3 Å². The van der Waals surface area contributed by atoms with Crippen LogP contribution in [0.25, 0.3) is 0 Å². The normalized spacial score (nSPS) is 20.4. The van der Waals surface area contributed by atoms with E-state index in [9.17, 15) is 24.3 Å². The molecule has 4 heterocycles. The SMILES string of the molecule is CON=C(C(=O)NC1C(=O)N2C(C(=O)O)=C(CSc3nnnn3C)CS[C@@H]12)c1csc(=O)[nH]1. The number of carbonyl (C=O) groups is 3. The number of aliphatic carboxylic acids is 1. The third-order valence-electron chi connectivity index (χ3n) is 4.67. The number of aromatic amines is 1. The number of hydrogen-bond donors (Lipinski definition) is 3. The molecule has 174 valence electrons. The Morgan fingerprint density at radius 3 is 2.85 bits per heavy atom. The largest absolute Gasteiger partial charge is 0.477 e. The van der Waals surface area contributed by atoms with Crippen LogP contribution in [0.2, 0.25) is 0 Å². The molecule has 1 fully saturated rings. The molecule has 0 aromatic carbocycles. The van der Waals surface area contributed by atoms with E-state index in [0.29, 0.717) is 16.5 Å². The Hall–Kier alpha value is -3.18. The molecule has 2 aliphatic heterocycles. The van der Waals surface area contributed by atoms with Crippen LogP contribution >= 0.6 is 34.9 Å². The summed E-state index contributed by atoms with van der Waals surface area (Å²) in [7, 11) is 2.91. The van der Waals surface area contributed by atoms with Crippen LogP contribution in [0.4, 0.5) is 0 Å². The van der Waals surface area contributed by atoms with Gasteiger partial charge in [-0.05, 0) is 16.0 Å². The number of rotatable bonds is 8. The van der Waals surface area contributed by atoms with Crippen LogP contribution in [0.3, 0.4) is 0 Å². The summed E-state index contributed by atoms with van der Waals surface area (Å²) < 4.78 is 1.46. The number of aromatic nitrogens is 5. The van der Waals surface area contributed by atoms with Gasteiger partial charge in [-0.2, -0.15) is 0 Å². The number of oxime groups is 1. The summed E-state index contributed by atoms with van der Waals surface area (Å²) >= 11 is 3.44. The van der Waals surface area contributed by atoms with E-state index < -0.39 is 29.2 Å². The first-order valence-electron chi connectivity index (χ1n) is 9.17. The van der Waals surface area contributed by atoms with Gasteiger partial charge in [0, 0.05) is 23.9 Å². The number of hydrogen-bond acceptors (Lipinski definition) is 12. The molecule has 1 saturated heterocycles. The van der Waals surface area contributed by atoms with E-state index in [1.807, 2.05) is 0 Å². The summed E-state index contributed by atoms with van der Waals surface area (Å²) in [6, 6.07) is -0.957. The standard InChI is InChI=1S/C16H16N8O6S3/c1-23-15(19-21-22-23)32-4-6-3-31-13-9(12(26)24(13)10(6)14(27)28)18-11(25)8(20-30-2)7-5-33-16(29)17-7/h5,9,13H,3-4H2,1-2H3,(H,17,29)(H,18,25)(H,27,28)/t9?,13-/m0/s1. The molecule has 0 radical (unpaired) electrons. The molecule has 33 heavy (non-hydrogen) atoms. The number of thiazole rings is 1. The molecule has 0 spiro atoms. The number of β-lactam (4-membered cyclic amide) rings is 1. The number of amides is 2. The van der Waals surface area contributed by atoms with Gasteiger partial charge in [-0.3, -0.25) is 19.3 Å². The van der Waals surface area contributed by atoms with Crippen LogP contribution in [0.15, 0.2) is 31.8 Å². The van der Waals surface area contributed by atoms with Crippen molar-refractivity contribution in [3.05, 3.63) is 32.0 Å². The summed E-state index contributed by atoms with van der Waals surface area (Å²) in [5.74, 6) is -1.90. The fourth-order valence-corrected chi connectivity index (χ4v) is 6.10. The second kappa shape index (κ2) is 9.36. The van der Waals surface area contributed by atoms with Crippen LogP contribution in [0, 0.1) is 0 Å². The molecule has 4 rings (SSSR count). The fourth-order valence-electron chi connectivity index (χ4n) is 3.20. The lowest BCUT2D eigenvalue weighted by molar-refractivity contribution is -0.150. The molecule has 17 heteroatoms. The maximum atomic E-state index is 12.8. The molecule has 0 bridgehead atoms. The number of nitrogens with one attached hydrogen (secondary N) is 2. The maximum absolute atomic E-state index is 12.8. The summed E-state index contributed by atoms with van der Waals surface area (Å²) in [5.41, 5.74) is 0.386. The van der Waals surface area contributed by atoms with Gasteiger partial charge in [-0.25, -0.2) is 9.48 Å². The minimum Gasteiger partial charge on any atom is -0.477 e. The fraction of sp³-hybridized carbons (Fsp3) is 0.375. The molecule has 2 aromatic rings. The van der Waals surface area contributed by atoms with Gasteiger partial charge < -0.3 is 20.2 Å². The average Bonchev–Trinajstić information content (AvgIpc) is 3.40. The Balaban J connectivity index is 1.50. The highest BCUT2D eigenvalue weighted by Crippen LogP contribution is 2.41. The number of tetrazole rings is 1. The van der Waals surface area contributed by atoms with E-state index in [2.05, 4.69) is 35.8 Å². The zero-order chi connectivity index (χ0) is 23.7. The van der Waals surface area contributed by atoms with Gasteiger partial charge in [0.25, 0.3) is 11.8 Å². The van der Waals surface area contributed by atoms with Crippen LogP contribution < -0.4 is 10.2 Å². The van der Waals surface area contributed by atoms with Crippen molar-refractivity contribution in [1.29, 1.82) is 0 Å². The topological polar surface area (TPSA) is 185 Å². The molecule has 2 amide bonds. The zero-order valence-electron chi connectivity index (χ0n) is 17.0. The van der Waals surface area contributed by atoms with Crippen molar-refractivity contribution in [3.63, 3.8) is 0 Å². The number of carbonyl (C=O) groups excluding carboxylic acids is 2. The van der Waals surface area contributed by atoms with Crippen molar-refractivity contribution in [2.75, 3.05) is 18.6 Å². The van der Waals surface area contributed by atoms with Crippen molar-refractivity contribution in [2.24, 2.45) is 12.2 Å². The van der Waals surface area contributed by atoms with Gasteiger partial charge in [0.2, 0.25) is 5.16 Å². The third-order valence-corrected chi connectivity index (χ3v) is 7.77. The van der Waals surface area contributed by atoms with Gasteiger partial charge >= 0.3 is 10.8 Å². The molecular weight excluding hydrogens is 496 g/mol. The number of fused-ring (bicyclic) bond motifs is 1. The van der Waals surface area contributed by atoms with Crippen molar-refractivity contribution < 1.29 is 24.3 Å². The molecule has 2 aliphatic rings. The van der Waals surface area contributed by atoms with E-state index >= 15 is 0 Å². The Labute approximate surface area is 197 Å². The Morgan fingerprint density at radius 1 is 1.45 bits per heavy atom. The van der Waals surface area contributed by atoms with E-state index in [1.54, 1.807) is 7.05 Å². The van der Waals surface area contributed by atoms with Crippen LogP contribution in [0.5, 0.6) is 0 Å². The first-order valence-corrected chi connectivity index (χ1v) is 12.1. The van der Waals surface area contributed by atoms with E-state index in [1.165, 1.54) is 45.6 Å². The average molecular weight is 513 g/mol. The Morgan fingerprint density at radius 2 is 2.24 bits per heavy atom. The minimum atomic E-state index is -1.23. The summed E-state index contributed by atoms with van der Waals surface area (Å²) in [6.45, 7) is 0. The minimum absolute atomic E-state index is 0.107. The van der Waals surface area contributed by atoms with Gasteiger partial charge in [0.15, 0.2) is 5.71 Å². The predicted octanol–water partition coefficient (Wildman–Crippen LogP) is -1.16. The van der Waals surface area contributed by atoms with Gasteiger partial charge in [-0.15, -0.1) is 16.9 Å². The van der Waals surface area contributed by atoms with Gasteiger partial charge in [0.05, 0.1) is 5.69 Å². The lowest BCUT2D eigenvalue weighted by atomic mass is 10.0. The number of H-pyrrole nitrogens is 1. The molecule has 2 atom stereocenters. The molecule has 3 N–H and O–H groups in total. The van der Waals surface area contributed by atoms with Crippen LogP contribution in [0.1, 0.15) is 5.69 Å². The molecule has 0 aliphatic carbocycles. The second-order valence-corrected chi connectivity index (χ2v) is 9.57. The lowest BCUT2D eigenvalue weighted by Crippen LogP contribution is -2.71. The number of aryl methyl sites for hydroxylation is 1. The van der Waals surface area contributed by atoms with E-state index in [4.69, 9.17) is 0 Å². The maximum Gasteiger partial charge on any atom is 0.352 e. The quantitative estimate of drug-likeness (QED) is 0.168. The summed E-state index contributed by atoms with van der Waals surface area (Å²) in [6.07, 6.45) is 0. The van der Waals surface area contributed by atoms with Crippen molar-refractivity contribution >= 4 is 58.4 Å².